The van der Waals surface area contributed by atoms with Gasteiger partial charge in [-0.05, 0) is 0 Å². The maximum atomic E-state index is 12.8. The molecule has 0 spiro atoms. The third kappa shape index (κ3) is 4.42. The van der Waals surface area contributed by atoms with Crippen molar-refractivity contribution in [2.45, 2.75) is 23.2 Å². The first-order chi connectivity index (χ1) is 10.1. The predicted octanol–water partition coefficient (Wildman–Crippen LogP) is 3.52. The fourth-order valence-electron chi connectivity index (χ4n) is 1.96. The molecule has 0 aliphatic carbocycles. The van der Waals surface area contributed by atoms with Gasteiger partial charge in [0.1, 0.15) is 9.23 Å². The monoisotopic (exact) mass is 425 g/mol. The molecule has 1 aromatic rings. The smallest absolute Gasteiger partial charge is 0.396 e. The number of thiophene rings is 1. The lowest BCUT2D eigenvalue weighted by Gasteiger charge is -2.30. The van der Waals surface area contributed by atoms with E-state index in [1.807, 2.05) is 0 Å². The number of hydrogen-bond donors (Lipinski definition) is 2. The quantitative estimate of drug-likeness (QED) is 0.724. The van der Waals surface area contributed by atoms with E-state index in [2.05, 4.69) is 0 Å². The molecule has 1 aromatic heterocycles. The molecule has 0 aromatic carbocycles. The Morgan fingerprint density at radius 1 is 1.09 bits per heavy atom. The molecule has 0 fully saturated rings. The first kappa shape index (κ1) is 20.8. The Hall–Kier alpha value is -0.270. The van der Waals surface area contributed by atoms with Crippen molar-refractivity contribution in [3.8, 4) is 0 Å². The molecule has 0 saturated carbocycles. The summed E-state index contributed by atoms with van der Waals surface area (Å²) in [5.41, 5.74) is -1.11. The normalized spacial score (nSPS) is 15.3. The van der Waals surface area contributed by atoms with E-state index in [-0.39, 0.29) is 11.3 Å². The minimum Gasteiger partial charge on any atom is -0.396 e. The van der Waals surface area contributed by atoms with Crippen molar-refractivity contribution in [2.75, 3.05) is 6.61 Å². The summed E-state index contributed by atoms with van der Waals surface area (Å²) in [6.07, 6.45) is -11.6. The summed E-state index contributed by atoms with van der Waals surface area (Å²) in [7, 11) is -4.77. The zero-order valence-corrected chi connectivity index (χ0v) is 13.7. The highest BCUT2D eigenvalue weighted by atomic mass is 35.5. The molecule has 0 aliphatic heterocycles. The Labute approximate surface area is 139 Å². The van der Waals surface area contributed by atoms with Crippen molar-refractivity contribution < 1.29 is 39.9 Å². The number of sulfonamides is 1. The van der Waals surface area contributed by atoms with Gasteiger partial charge < -0.3 is 5.11 Å². The van der Waals surface area contributed by atoms with Gasteiger partial charge in [0.15, 0.2) is 5.92 Å². The molecule has 134 valence electrons. The number of rotatable bonds is 4. The Morgan fingerprint density at radius 2 is 1.52 bits per heavy atom. The van der Waals surface area contributed by atoms with Gasteiger partial charge in [-0.2, -0.15) is 26.3 Å². The zero-order chi connectivity index (χ0) is 18.4. The summed E-state index contributed by atoms with van der Waals surface area (Å²) < 4.78 is 98.3. The van der Waals surface area contributed by atoms with E-state index in [4.69, 9.17) is 33.4 Å². The molecule has 4 nitrogen and oxygen atoms in total. The van der Waals surface area contributed by atoms with Crippen LogP contribution in [0.3, 0.4) is 0 Å². The maximum absolute atomic E-state index is 12.8. The van der Waals surface area contributed by atoms with Crippen molar-refractivity contribution in [3.05, 3.63) is 14.2 Å². The predicted molar refractivity (Wildman–Crippen MR) is 71.1 cm³/mol. The SMILES string of the molecule is NS(=O)(=O)c1c(Cl)sc(Cl)c1C(CO)C(C(F)(F)F)C(F)(F)F. The van der Waals surface area contributed by atoms with Crippen LogP contribution in [0.1, 0.15) is 11.5 Å². The van der Waals surface area contributed by atoms with Gasteiger partial charge in [-0.15, -0.1) is 11.3 Å². The molecule has 0 saturated heterocycles. The van der Waals surface area contributed by atoms with Crippen LogP contribution < -0.4 is 5.14 Å². The summed E-state index contributed by atoms with van der Waals surface area (Å²) in [6.45, 7) is -1.68. The number of halogens is 8. The molecule has 0 aliphatic rings. The van der Waals surface area contributed by atoms with Gasteiger partial charge in [0.2, 0.25) is 10.0 Å². The number of alkyl halides is 6. The van der Waals surface area contributed by atoms with Crippen molar-refractivity contribution in [2.24, 2.45) is 11.1 Å². The molecule has 1 heterocycles. The molecule has 23 heavy (non-hydrogen) atoms. The molecule has 14 heteroatoms. The Kier molecular flexibility index (Phi) is 5.92. The highest BCUT2D eigenvalue weighted by molar-refractivity contribution is 7.89. The van der Waals surface area contributed by atoms with E-state index in [1.165, 1.54) is 0 Å². The second-order valence-electron chi connectivity index (χ2n) is 4.29. The van der Waals surface area contributed by atoms with Crippen LogP contribution >= 0.6 is 34.5 Å². The highest BCUT2D eigenvalue weighted by Crippen LogP contribution is 2.52. The van der Waals surface area contributed by atoms with E-state index in [0.29, 0.717) is 0 Å². The molecular formula is C9H7Cl2F6NO3S2. The van der Waals surface area contributed by atoms with Crippen LogP contribution in [0.4, 0.5) is 26.3 Å². The first-order valence-electron chi connectivity index (χ1n) is 5.37. The fourth-order valence-corrected chi connectivity index (χ4v) is 5.30. The lowest BCUT2D eigenvalue weighted by atomic mass is 9.87. The number of aliphatic hydroxyl groups excluding tert-OH is 1. The van der Waals surface area contributed by atoms with Gasteiger partial charge in [0.25, 0.3) is 0 Å². The van der Waals surface area contributed by atoms with Gasteiger partial charge in [0.05, 0.1) is 10.9 Å². The van der Waals surface area contributed by atoms with E-state index >= 15 is 0 Å². The minimum absolute atomic E-state index is 0.231. The number of nitrogens with two attached hydrogens (primary N) is 1. The van der Waals surface area contributed by atoms with Crippen LogP contribution in [0.5, 0.6) is 0 Å². The van der Waals surface area contributed by atoms with E-state index in [1.54, 1.807) is 0 Å². The van der Waals surface area contributed by atoms with Gasteiger partial charge >= 0.3 is 12.4 Å². The number of hydrogen-bond acceptors (Lipinski definition) is 4. The Balaban J connectivity index is 3.71. The minimum atomic E-state index is -5.82. The molecule has 1 atom stereocenters. The Bertz CT molecular complexity index is 671. The molecule has 3 N–H and O–H groups in total. The third-order valence-corrected chi connectivity index (χ3v) is 5.65. The topological polar surface area (TPSA) is 80.4 Å². The lowest BCUT2D eigenvalue weighted by molar-refractivity contribution is -0.292. The van der Waals surface area contributed by atoms with Gasteiger partial charge in [-0.3, -0.25) is 0 Å². The van der Waals surface area contributed by atoms with Crippen LogP contribution in [0.15, 0.2) is 4.90 Å². The summed E-state index contributed by atoms with van der Waals surface area (Å²) in [5.74, 6) is -6.79. The van der Waals surface area contributed by atoms with Gasteiger partial charge in [-0.1, -0.05) is 23.2 Å². The lowest BCUT2D eigenvalue weighted by Crippen LogP contribution is -2.42. The summed E-state index contributed by atoms with van der Waals surface area (Å²) in [5, 5.41) is 13.8. The number of aliphatic hydroxyl groups is 1. The van der Waals surface area contributed by atoms with Crippen molar-refractivity contribution in [1.29, 1.82) is 0 Å². The highest BCUT2D eigenvalue weighted by Gasteiger charge is 2.61. The standard InChI is InChI=1S/C9H7Cl2F6NO3S2/c10-6-3(4(7(11)22-6)23(18,20)21)2(1-19)5(8(12,13)14)9(15,16)17/h2,5,19H,1H2,(H2,18,20,21). The Morgan fingerprint density at radius 3 is 1.83 bits per heavy atom. The molecular weight excluding hydrogens is 419 g/mol. The van der Waals surface area contributed by atoms with E-state index < -0.39 is 60.0 Å². The van der Waals surface area contributed by atoms with Crippen LogP contribution in [-0.2, 0) is 10.0 Å². The van der Waals surface area contributed by atoms with Crippen molar-refractivity contribution in [1.82, 2.24) is 0 Å². The molecule has 1 rings (SSSR count). The van der Waals surface area contributed by atoms with Crippen LogP contribution in [0.2, 0.25) is 8.67 Å². The molecule has 0 bridgehead atoms. The first-order valence-corrected chi connectivity index (χ1v) is 8.49. The third-order valence-electron chi connectivity index (χ3n) is 2.77. The van der Waals surface area contributed by atoms with E-state index in [9.17, 15) is 34.8 Å². The summed E-state index contributed by atoms with van der Waals surface area (Å²) in [4.78, 5) is -1.16. The van der Waals surface area contributed by atoms with Crippen LogP contribution in [-0.4, -0.2) is 32.5 Å². The van der Waals surface area contributed by atoms with Gasteiger partial charge in [0, 0.05) is 11.5 Å². The zero-order valence-electron chi connectivity index (χ0n) is 10.5. The molecule has 0 amide bonds. The molecule has 0 radical (unpaired) electrons. The second kappa shape index (κ2) is 6.56. The largest absolute Gasteiger partial charge is 0.401 e. The summed E-state index contributed by atoms with van der Waals surface area (Å²) in [6, 6.07) is 0. The number of primary sulfonamides is 1. The second-order valence-corrected chi connectivity index (χ2v) is 8.01. The van der Waals surface area contributed by atoms with E-state index in [0.717, 1.165) is 0 Å². The van der Waals surface area contributed by atoms with Gasteiger partial charge in [-0.25, -0.2) is 13.6 Å². The van der Waals surface area contributed by atoms with Crippen LogP contribution in [0, 0.1) is 5.92 Å². The average molecular weight is 426 g/mol. The average Bonchev–Trinajstić information content (AvgIpc) is 2.56. The fraction of sp³-hybridized carbons (Fsp3) is 0.556. The van der Waals surface area contributed by atoms with Crippen molar-refractivity contribution in [3.63, 3.8) is 0 Å². The maximum Gasteiger partial charge on any atom is 0.401 e. The van der Waals surface area contributed by atoms with Crippen molar-refractivity contribution >= 4 is 44.6 Å². The van der Waals surface area contributed by atoms with Crippen LogP contribution in [0.25, 0.3) is 0 Å². The summed E-state index contributed by atoms with van der Waals surface area (Å²) >= 11 is 11.3. The molecule has 1 unspecified atom stereocenters.